The van der Waals surface area contributed by atoms with E-state index in [2.05, 4.69) is 28.2 Å². The van der Waals surface area contributed by atoms with Crippen LogP contribution in [-0.2, 0) is 22.6 Å². The van der Waals surface area contributed by atoms with Crippen molar-refractivity contribution < 1.29 is 14.4 Å². The van der Waals surface area contributed by atoms with Crippen molar-refractivity contribution in [1.82, 2.24) is 9.88 Å². The summed E-state index contributed by atoms with van der Waals surface area (Å²) < 4.78 is 0. The summed E-state index contributed by atoms with van der Waals surface area (Å²) in [5.41, 5.74) is 2.89. The Kier molecular flexibility index (Phi) is 6.96. The molecule has 1 aromatic heterocycles. The van der Waals surface area contributed by atoms with Gasteiger partial charge in [-0.15, -0.1) is 0 Å². The molecule has 1 aliphatic heterocycles. The molecule has 7 nitrogen and oxygen atoms in total. The number of nitrogens with one attached hydrogen (secondary N) is 2. The zero-order valence-electron chi connectivity index (χ0n) is 17.5. The van der Waals surface area contributed by atoms with Crippen molar-refractivity contribution in [3.05, 3.63) is 88.7 Å². The van der Waals surface area contributed by atoms with Crippen molar-refractivity contribution in [2.24, 2.45) is 0 Å². The first-order valence-electron chi connectivity index (χ1n) is 10.3. The summed E-state index contributed by atoms with van der Waals surface area (Å²) in [5, 5.41) is 6.00. The van der Waals surface area contributed by atoms with Gasteiger partial charge in [-0.25, -0.2) is 0 Å². The first kappa shape index (κ1) is 22.8. The standard InChI is InChI=1S/C24H21ClN4O3S/c25-16-6-9-19-20(11-16)28-23(31)21(12-18-3-1-2-10-26-18)29(24(19)32)13-15-4-7-17(8-5-15)27-22(30)14-33/h1-11,21,33H,12-14H2,(H,27,30)(H,28,31). The lowest BCUT2D eigenvalue weighted by molar-refractivity contribution is -0.120. The van der Waals surface area contributed by atoms with Crippen LogP contribution in [0.3, 0.4) is 0 Å². The van der Waals surface area contributed by atoms with Crippen molar-refractivity contribution >= 4 is 53.3 Å². The van der Waals surface area contributed by atoms with E-state index in [0.29, 0.717) is 27.7 Å². The van der Waals surface area contributed by atoms with Gasteiger partial charge < -0.3 is 15.5 Å². The average molecular weight is 481 g/mol. The van der Waals surface area contributed by atoms with Crippen molar-refractivity contribution in [3.8, 4) is 0 Å². The van der Waals surface area contributed by atoms with Gasteiger partial charge in [0.1, 0.15) is 6.04 Å². The highest BCUT2D eigenvalue weighted by atomic mass is 35.5. The van der Waals surface area contributed by atoms with Gasteiger partial charge in [-0.1, -0.05) is 29.8 Å². The van der Waals surface area contributed by atoms with Crippen LogP contribution in [0.25, 0.3) is 0 Å². The van der Waals surface area contributed by atoms with Gasteiger partial charge in [-0.05, 0) is 48.0 Å². The molecule has 9 heteroatoms. The van der Waals surface area contributed by atoms with Crippen LogP contribution >= 0.6 is 24.2 Å². The lowest BCUT2D eigenvalue weighted by atomic mass is 10.1. The number of halogens is 1. The average Bonchev–Trinajstić information content (AvgIpc) is 2.90. The monoisotopic (exact) mass is 480 g/mol. The molecule has 3 amide bonds. The topological polar surface area (TPSA) is 91.4 Å². The molecule has 0 aliphatic carbocycles. The van der Waals surface area contributed by atoms with Gasteiger partial charge in [-0.3, -0.25) is 19.4 Å². The van der Waals surface area contributed by atoms with Crippen LogP contribution in [0.4, 0.5) is 11.4 Å². The molecule has 2 aromatic carbocycles. The van der Waals surface area contributed by atoms with Gasteiger partial charge >= 0.3 is 0 Å². The van der Waals surface area contributed by atoms with Crippen LogP contribution in [-0.4, -0.2) is 39.4 Å². The van der Waals surface area contributed by atoms with E-state index < -0.39 is 6.04 Å². The molecular weight excluding hydrogens is 460 g/mol. The Hall–Kier alpha value is -3.36. The fourth-order valence-electron chi connectivity index (χ4n) is 3.65. The lowest BCUT2D eigenvalue weighted by Gasteiger charge is -2.28. The first-order valence-corrected chi connectivity index (χ1v) is 11.3. The summed E-state index contributed by atoms with van der Waals surface area (Å²) >= 11 is 10.1. The summed E-state index contributed by atoms with van der Waals surface area (Å²) in [7, 11) is 0. The molecule has 2 heterocycles. The molecule has 1 unspecified atom stereocenters. The number of carbonyl (C=O) groups excluding carboxylic acids is 3. The van der Waals surface area contributed by atoms with E-state index in [4.69, 9.17) is 11.6 Å². The smallest absolute Gasteiger partial charge is 0.256 e. The highest BCUT2D eigenvalue weighted by Gasteiger charge is 2.35. The van der Waals surface area contributed by atoms with Gasteiger partial charge in [0.15, 0.2) is 0 Å². The maximum Gasteiger partial charge on any atom is 0.256 e. The number of hydrogen-bond donors (Lipinski definition) is 3. The number of hydrogen-bond acceptors (Lipinski definition) is 5. The van der Waals surface area contributed by atoms with E-state index in [9.17, 15) is 14.4 Å². The molecule has 33 heavy (non-hydrogen) atoms. The Bertz CT molecular complexity index is 1190. The largest absolute Gasteiger partial charge is 0.325 e. The third kappa shape index (κ3) is 5.35. The Morgan fingerprint density at radius 2 is 1.91 bits per heavy atom. The van der Waals surface area contributed by atoms with E-state index >= 15 is 0 Å². The normalized spacial score (nSPS) is 15.5. The molecule has 4 rings (SSSR count). The minimum atomic E-state index is -0.776. The Morgan fingerprint density at radius 3 is 2.61 bits per heavy atom. The van der Waals surface area contributed by atoms with E-state index in [1.807, 2.05) is 24.3 Å². The number of anilines is 2. The third-order valence-electron chi connectivity index (χ3n) is 5.27. The number of thiol groups is 1. The van der Waals surface area contributed by atoms with Crippen LogP contribution < -0.4 is 10.6 Å². The van der Waals surface area contributed by atoms with Gasteiger partial charge in [0.05, 0.1) is 17.0 Å². The Morgan fingerprint density at radius 1 is 1.12 bits per heavy atom. The maximum atomic E-state index is 13.6. The zero-order valence-corrected chi connectivity index (χ0v) is 19.1. The molecule has 1 aliphatic rings. The van der Waals surface area contributed by atoms with Gasteiger partial charge in [0, 0.05) is 35.6 Å². The summed E-state index contributed by atoms with van der Waals surface area (Å²) in [6, 6.07) is 16.6. The molecule has 168 valence electrons. The van der Waals surface area contributed by atoms with E-state index in [0.717, 1.165) is 5.56 Å². The highest BCUT2D eigenvalue weighted by molar-refractivity contribution is 7.81. The number of rotatable bonds is 6. The lowest BCUT2D eigenvalue weighted by Crippen LogP contribution is -2.46. The van der Waals surface area contributed by atoms with E-state index in [1.165, 1.54) is 0 Å². The number of fused-ring (bicyclic) bond motifs is 1. The minimum absolute atomic E-state index is 0.0811. The molecule has 0 bridgehead atoms. The van der Waals surface area contributed by atoms with Crippen LogP contribution in [0, 0.1) is 0 Å². The highest BCUT2D eigenvalue weighted by Crippen LogP contribution is 2.28. The fraction of sp³-hybridized carbons (Fsp3) is 0.167. The number of aromatic nitrogens is 1. The molecule has 0 saturated carbocycles. The molecule has 0 radical (unpaired) electrons. The van der Waals surface area contributed by atoms with Crippen LogP contribution in [0.1, 0.15) is 21.6 Å². The molecule has 0 spiro atoms. The minimum Gasteiger partial charge on any atom is -0.325 e. The number of benzene rings is 2. The second kappa shape index (κ2) is 10.1. The van der Waals surface area contributed by atoms with Gasteiger partial charge in [0.2, 0.25) is 11.8 Å². The van der Waals surface area contributed by atoms with Crippen molar-refractivity contribution in [2.75, 3.05) is 16.4 Å². The predicted molar refractivity (Wildman–Crippen MR) is 131 cm³/mol. The fourth-order valence-corrected chi connectivity index (χ4v) is 3.90. The summed E-state index contributed by atoms with van der Waals surface area (Å²) in [6.07, 6.45) is 1.92. The number of pyridine rings is 1. The second-order valence-corrected chi connectivity index (χ2v) is 8.31. The predicted octanol–water partition coefficient (Wildman–Crippen LogP) is 3.81. The molecule has 2 N–H and O–H groups in total. The van der Waals surface area contributed by atoms with Crippen LogP contribution in [0.5, 0.6) is 0 Å². The first-order chi connectivity index (χ1) is 15.9. The van der Waals surface area contributed by atoms with Gasteiger partial charge in [-0.2, -0.15) is 12.6 Å². The zero-order chi connectivity index (χ0) is 23.4. The SMILES string of the molecule is O=C(CS)Nc1ccc(CN2C(=O)c3ccc(Cl)cc3NC(=O)C2Cc2ccccn2)cc1. The van der Waals surface area contributed by atoms with E-state index in [1.54, 1.807) is 47.5 Å². The molecular formula is C24H21ClN4O3S. The summed E-state index contributed by atoms with van der Waals surface area (Å²) in [5.74, 6) is -0.727. The quantitative estimate of drug-likeness (QED) is 0.468. The third-order valence-corrected chi connectivity index (χ3v) is 5.79. The van der Waals surface area contributed by atoms with Crippen molar-refractivity contribution in [3.63, 3.8) is 0 Å². The number of nitrogens with zero attached hydrogens (tertiary/aromatic N) is 2. The molecule has 0 fully saturated rings. The van der Waals surface area contributed by atoms with Crippen LogP contribution in [0.15, 0.2) is 66.9 Å². The maximum absolute atomic E-state index is 13.6. The van der Waals surface area contributed by atoms with Crippen LogP contribution in [0.2, 0.25) is 5.02 Å². The Balaban J connectivity index is 1.67. The van der Waals surface area contributed by atoms with Crippen molar-refractivity contribution in [1.29, 1.82) is 0 Å². The molecule has 1 atom stereocenters. The molecule has 0 saturated heterocycles. The summed E-state index contributed by atoms with van der Waals surface area (Å²) in [4.78, 5) is 44.2. The van der Waals surface area contributed by atoms with Gasteiger partial charge in [0.25, 0.3) is 5.91 Å². The number of amides is 3. The second-order valence-electron chi connectivity index (χ2n) is 7.56. The number of carbonyl (C=O) groups is 3. The van der Waals surface area contributed by atoms with Crippen molar-refractivity contribution in [2.45, 2.75) is 19.0 Å². The molecule has 3 aromatic rings. The summed E-state index contributed by atoms with van der Waals surface area (Å²) in [6.45, 7) is 0.201. The Labute approximate surface area is 201 Å². The van der Waals surface area contributed by atoms with E-state index in [-0.39, 0.29) is 36.4 Å².